The number of ether oxygens (including phenoxy) is 2. The fourth-order valence-corrected chi connectivity index (χ4v) is 0.672. The van der Waals surface area contributed by atoms with Crippen LogP contribution < -0.4 is 0 Å². The van der Waals surface area contributed by atoms with Crippen molar-refractivity contribution < 1.29 is 14.3 Å². The largest absolute Gasteiger partial charge is 0.427 e. The summed E-state index contributed by atoms with van der Waals surface area (Å²) in [4.78, 5) is 11.0. The fourth-order valence-electron chi connectivity index (χ4n) is 0.672. The van der Waals surface area contributed by atoms with Crippen LogP contribution in [0, 0.1) is 0 Å². The van der Waals surface area contributed by atoms with Crippen molar-refractivity contribution in [1.29, 1.82) is 0 Å². The topological polar surface area (TPSA) is 38.8 Å². The molecular formula is C8H12O3. The summed E-state index contributed by atoms with van der Waals surface area (Å²) < 4.78 is 9.98. The van der Waals surface area contributed by atoms with Crippen LogP contribution in [0.3, 0.4) is 0 Å². The highest BCUT2D eigenvalue weighted by atomic mass is 16.8. The van der Waals surface area contributed by atoms with Gasteiger partial charge in [-0.25, -0.2) is 4.79 Å². The molecule has 11 heavy (non-hydrogen) atoms. The molecule has 0 aromatic carbocycles. The van der Waals surface area contributed by atoms with E-state index >= 15 is 0 Å². The first-order valence-electron chi connectivity index (χ1n) is 3.62. The standard InChI is InChI=1S/C8H12O3/c1-4-8(5-10-8)11-7(9)6(2)3/h2,4-5H2,1,3H3. The normalized spacial score (nSPS) is 27.8. The third-order valence-corrected chi connectivity index (χ3v) is 1.63. The summed E-state index contributed by atoms with van der Waals surface area (Å²) in [6.45, 7) is 7.52. The van der Waals surface area contributed by atoms with E-state index < -0.39 is 5.79 Å². The van der Waals surface area contributed by atoms with Crippen molar-refractivity contribution in [2.75, 3.05) is 6.61 Å². The second-order valence-corrected chi connectivity index (χ2v) is 2.72. The smallest absolute Gasteiger partial charge is 0.335 e. The van der Waals surface area contributed by atoms with Gasteiger partial charge in [-0.05, 0) is 6.92 Å². The zero-order chi connectivity index (χ0) is 8.48. The molecule has 62 valence electrons. The molecule has 1 unspecified atom stereocenters. The molecule has 1 aliphatic rings. The molecule has 1 aliphatic heterocycles. The lowest BCUT2D eigenvalue weighted by Crippen LogP contribution is -2.20. The number of esters is 1. The lowest BCUT2D eigenvalue weighted by atomic mass is 10.3. The van der Waals surface area contributed by atoms with E-state index in [1.807, 2.05) is 6.92 Å². The summed E-state index contributed by atoms with van der Waals surface area (Å²) >= 11 is 0. The van der Waals surface area contributed by atoms with Crippen molar-refractivity contribution in [2.24, 2.45) is 0 Å². The molecule has 0 aliphatic carbocycles. The van der Waals surface area contributed by atoms with Gasteiger partial charge in [-0.15, -0.1) is 0 Å². The van der Waals surface area contributed by atoms with E-state index in [1.54, 1.807) is 6.92 Å². The highest BCUT2D eigenvalue weighted by molar-refractivity contribution is 5.87. The SMILES string of the molecule is C=C(C)C(=O)OC1(CC)CO1. The molecule has 3 nitrogen and oxygen atoms in total. The molecule has 0 aromatic rings. The van der Waals surface area contributed by atoms with Gasteiger partial charge in [-0.3, -0.25) is 0 Å². The molecule has 0 saturated carbocycles. The van der Waals surface area contributed by atoms with Crippen LogP contribution in [0.15, 0.2) is 12.2 Å². The summed E-state index contributed by atoms with van der Waals surface area (Å²) in [5.41, 5.74) is 0.410. The number of hydrogen-bond donors (Lipinski definition) is 0. The van der Waals surface area contributed by atoms with E-state index in [0.717, 1.165) is 0 Å². The molecule has 1 rings (SSSR count). The minimum absolute atomic E-state index is 0.371. The number of carbonyl (C=O) groups excluding carboxylic acids is 1. The maximum Gasteiger partial charge on any atom is 0.335 e. The third kappa shape index (κ3) is 1.80. The van der Waals surface area contributed by atoms with Gasteiger partial charge in [0.2, 0.25) is 5.79 Å². The first kappa shape index (κ1) is 8.27. The number of carbonyl (C=O) groups is 1. The third-order valence-electron chi connectivity index (χ3n) is 1.63. The van der Waals surface area contributed by atoms with E-state index in [4.69, 9.17) is 9.47 Å². The second-order valence-electron chi connectivity index (χ2n) is 2.72. The van der Waals surface area contributed by atoms with Crippen molar-refractivity contribution in [3.63, 3.8) is 0 Å². The Balaban J connectivity index is 2.42. The molecule has 0 spiro atoms. The predicted molar refractivity (Wildman–Crippen MR) is 39.9 cm³/mol. The molecule has 1 atom stereocenters. The highest BCUT2D eigenvalue weighted by Crippen LogP contribution is 2.32. The Morgan fingerprint density at radius 1 is 1.82 bits per heavy atom. The van der Waals surface area contributed by atoms with Crippen LogP contribution in [0.2, 0.25) is 0 Å². The summed E-state index contributed by atoms with van der Waals surface area (Å²) in [6, 6.07) is 0. The number of rotatable bonds is 3. The molecule has 0 aromatic heterocycles. The monoisotopic (exact) mass is 156 g/mol. The van der Waals surface area contributed by atoms with Crippen molar-refractivity contribution in [3.05, 3.63) is 12.2 Å². The quantitative estimate of drug-likeness (QED) is 0.350. The Morgan fingerprint density at radius 2 is 2.36 bits per heavy atom. The summed E-state index contributed by atoms with van der Waals surface area (Å²) in [7, 11) is 0. The minimum atomic E-state index is -0.615. The maximum atomic E-state index is 11.0. The van der Waals surface area contributed by atoms with Crippen LogP contribution in [0.25, 0.3) is 0 Å². The highest BCUT2D eigenvalue weighted by Gasteiger charge is 2.47. The summed E-state index contributed by atoms with van der Waals surface area (Å²) in [6.07, 6.45) is 0.700. The van der Waals surface area contributed by atoms with E-state index in [-0.39, 0.29) is 5.97 Å². The summed E-state index contributed by atoms with van der Waals surface area (Å²) in [5, 5.41) is 0. The fraction of sp³-hybridized carbons (Fsp3) is 0.625. The van der Waals surface area contributed by atoms with Crippen molar-refractivity contribution in [1.82, 2.24) is 0 Å². The Kier molecular flexibility index (Phi) is 2.00. The van der Waals surface area contributed by atoms with Crippen LogP contribution >= 0.6 is 0 Å². The van der Waals surface area contributed by atoms with Gasteiger partial charge in [-0.2, -0.15) is 0 Å². The van der Waals surface area contributed by atoms with Gasteiger partial charge in [0, 0.05) is 12.0 Å². The Labute approximate surface area is 66.0 Å². The van der Waals surface area contributed by atoms with Crippen molar-refractivity contribution >= 4 is 5.97 Å². The van der Waals surface area contributed by atoms with Gasteiger partial charge in [-0.1, -0.05) is 13.5 Å². The Morgan fingerprint density at radius 3 is 2.64 bits per heavy atom. The van der Waals surface area contributed by atoms with Crippen molar-refractivity contribution in [2.45, 2.75) is 26.1 Å². The number of epoxide rings is 1. The Hall–Kier alpha value is -0.830. The lowest BCUT2D eigenvalue weighted by molar-refractivity contribution is -0.154. The average Bonchev–Trinajstić information content (AvgIpc) is 2.69. The molecule has 1 saturated heterocycles. The second kappa shape index (κ2) is 2.66. The van der Waals surface area contributed by atoms with Gasteiger partial charge in [0.25, 0.3) is 0 Å². The first-order valence-corrected chi connectivity index (χ1v) is 3.62. The Bertz CT molecular complexity index is 192. The van der Waals surface area contributed by atoms with E-state index in [0.29, 0.717) is 18.6 Å². The van der Waals surface area contributed by atoms with E-state index in [9.17, 15) is 4.79 Å². The number of hydrogen-bond acceptors (Lipinski definition) is 3. The van der Waals surface area contributed by atoms with Crippen LogP contribution in [0.1, 0.15) is 20.3 Å². The minimum Gasteiger partial charge on any atom is -0.427 e. The zero-order valence-electron chi connectivity index (χ0n) is 6.85. The van der Waals surface area contributed by atoms with Crippen LogP contribution in [0.5, 0.6) is 0 Å². The lowest BCUT2D eigenvalue weighted by Gasteiger charge is -2.09. The molecule has 0 N–H and O–H groups in total. The zero-order valence-corrected chi connectivity index (χ0v) is 6.85. The van der Waals surface area contributed by atoms with Gasteiger partial charge in [0.05, 0.1) is 0 Å². The van der Waals surface area contributed by atoms with Gasteiger partial charge in [0.1, 0.15) is 6.61 Å². The molecular weight excluding hydrogens is 144 g/mol. The summed E-state index contributed by atoms with van der Waals surface area (Å²) in [5.74, 6) is -0.986. The molecule has 0 bridgehead atoms. The van der Waals surface area contributed by atoms with Crippen molar-refractivity contribution in [3.8, 4) is 0 Å². The molecule has 0 amide bonds. The van der Waals surface area contributed by atoms with Gasteiger partial charge in [0.15, 0.2) is 0 Å². The van der Waals surface area contributed by atoms with E-state index in [1.165, 1.54) is 0 Å². The predicted octanol–water partition coefficient (Wildman–Crippen LogP) is 1.24. The van der Waals surface area contributed by atoms with Crippen LogP contribution in [-0.4, -0.2) is 18.4 Å². The van der Waals surface area contributed by atoms with Crippen LogP contribution in [-0.2, 0) is 14.3 Å². The van der Waals surface area contributed by atoms with Gasteiger partial charge < -0.3 is 9.47 Å². The molecule has 1 fully saturated rings. The molecule has 0 radical (unpaired) electrons. The van der Waals surface area contributed by atoms with Gasteiger partial charge >= 0.3 is 5.97 Å². The van der Waals surface area contributed by atoms with Crippen LogP contribution in [0.4, 0.5) is 0 Å². The maximum absolute atomic E-state index is 11.0. The van der Waals surface area contributed by atoms with E-state index in [2.05, 4.69) is 6.58 Å². The average molecular weight is 156 g/mol. The first-order chi connectivity index (χ1) is 5.09. The molecule has 3 heteroatoms. The molecule has 1 heterocycles.